The molecule has 8 heteroatoms. The van der Waals surface area contributed by atoms with Gasteiger partial charge >= 0.3 is 0 Å². The Morgan fingerprint density at radius 3 is 2.91 bits per heavy atom. The van der Waals surface area contributed by atoms with Gasteiger partial charge in [0, 0.05) is 38.2 Å². The fraction of sp³-hybridized carbons (Fsp3) is 0.714. The molecule has 1 N–H and O–H groups in total. The minimum absolute atomic E-state index is 0.280. The Kier molecular flexibility index (Phi) is 5.50. The van der Waals surface area contributed by atoms with Gasteiger partial charge in [-0.1, -0.05) is 11.6 Å². The molecule has 0 saturated carbocycles. The topological polar surface area (TPSA) is 70.4 Å². The van der Waals surface area contributed by atoms with E-state index in [4.69, 9.17) is 26.3 Å². The lowest BCUT2D eigenvalue weighted by Gasteiger charge is -2.37. The molecule has 0 aromatic carbocycles. The number of nitrogens with one attached hydrogen (secondary N) is 1. The lowest BCUT2D eigenvalue weighted by molar-refractivity contribution is 0.00463. The van der Waals surface area contributed by atoms with Crippen molar-refractivity contribution in [3.8, 4) is 6.07 Å². The number of halogens is 1. The highest BCUT2D eigenvalue weighted by molar-refractivity contribution is 7.10. The lowest BCUT2D eigenvalue weighted by atomic mass is 9.97. The Balaban J connectivity index is 1.68. The van der Waals surface area contributed by atoms with E-state index in [1.807, 2.05) is 0 Å². The molecule has 1 aromatic rings. The first-order valence-corrected chi connectivity index (χ1v) is 8.63. The minimum Gasteiger partial charge on any atom is -0.381 e. The van der Waals surface area contributed by atoms with E-state index in [-0.39, 0.29) is 5.15 Å². The number of ether oxygens (including phenoxy) is 2. The molecule has 0 radical (unpaired) electrons. The summed E-state index contributed by atoms with van der Waals surface area (Å²) in [6, 6.07) is 2.49. The minimum atomic E-state index is 0.280. The van der Waals surface area contributed by atoms with E-state index in [2.05, 4.69) is 20.7 Å². The van der Waals surface area contributed by atoms with Crippen LogP contribution >= 0.6 is 23.1 Å². The summed E-state index contributed by atoms with van der Waals surface area (Å²) >= 11 is 7.17. The summed E-state index contributed by atoms with van der Waals surface area (Å²) in [5.74, 6) is 0.513. The van der Waals surface area contributed by atoms with Gasteiger partial charge in [0.2, 0.25) is 0 Å². The summed E-state index contributed by atoms with van der Waals surface area (Å²) in [4.78, 5) is 2.46. The van der Waals surface area contributed by atoms with Crippen molar-refractivity contribution >= 4 is 28.1 Å². The van der Waals surface area contributed by atoms with Crippen LogP contribution in [0.15, 0.2) is 0 Å². The van der Waals surface area contributed by atoms with Gasteiger partial charge in [-0.2, -0.15) is 9.64 Å². The van der Waals surface area contributed by atoms with Crippen molar-refractivity contribution in [2.45, 2.75) is 12.5 Å². The predicted octanol–water partition coefficient (Wildman–Crippen LogP) is 1.82. The van der Waals surface area contributed by atoms with Crippen molar-refractivity contribution in [1.82, 2.24) is 9.27 Å². The molecule has 3 heterocycles. The van der Waals surface area contributed by atoms with Crippen LogP contribution in [0.25, 0.3) is 0 Å². The predicted molar refractivity (Wildman–Crippen MR) is 85.4 cm³/mol. The Hall–Kier alpha value is -0.910. The highest BCUT2D eigenvalue weighted by atomic mass is 35.5. The Morgan fingerprint density at radius 2 is 2.23 bits per heavy atom. The molecule has 0 unspecified atom stereocenters. The molecular weight excluding hydrogens is 324 g/mol. The van der Waals surface area contributed by atoms with E-state index >= 15 is 0 Å². The first-order valence-electron chi connectivity index (χ1n) is 7.48. The summed E-state index contributed by atoms with van der Waals surface area (Å²) in [6.07, 6.45) is 1.08. The molecule has 6 nitrogen and oxygen atoms in total. The van der Waals surface area contributed by atoms with Crippen molar-refractivity contribution in [3.63, 3.8) is 0 Å². The maximum atomic E-state index is 9.16. The van der Waals surface area contributed by atoms with Crippen LogP contribution < -0.4 is 5.32 Å². The number of hydrogen-bond acceptors (Lipinski definition) is 7. The molecule has 0 aliphatic carbocycles. The van der Waals surface area contributed by atoms with Gasteiger partial charge in [-0.25, -0.2) is 0 Å². The molecular formula is C14H19ClN4O2S. The van der Waals surface area contributed by atoms with Crippen molar-refractivity contribution in [1.29, 1.82) is 5.26 Å². The molecule has 2 saturated heterocycles. The maximum absolute atomic E-state index is 9.16. The second-order valence-corrected chi connectivity index (χ2v) is 6.64. The average Bonchev–Trinajstić information content (AvgIpc) is 3.19. The van der Waals surface area contributed by atoms with Crippen molar-refractivity contribution in [2.24, 2.45) is 5.92 Å². The lowest BCUT2D eigenvalue weighted by Crippen LogP contribution is -2.50. The van der Waals surface area contributed by atoms with Gasteiger partial charge in [0.15, 0.2) is 5.15 Å². The van der Waals surface area contributed by atoms with Crippen molar-refractivity contribution in [3.05, 3.63) is 10.7 Å². The third kappa shape index (κ3) is 3.53. The summed E-state index contributed by atoms with van der Waals surface area (Å²) in [5.41, 5.74) is 0.440. The molecule has 3 rings (SSSR count). The molecule has 120 valence electrons. The van der Waals surface area contributed by atoms with Crippen molar-refractivity contribution < 1.29 is 9.47 Å². The second-order valence-electron chi connectivity index (χ2n) is 5.51. The van der Waals surface area contributed by atoms with E-state index < -0.39 is 0 Å². The monoisotopic (exact) mass is 342 g/mol. The highest BCUT2D eigenvalue weighted by Gasteiger charge is 2.31. The molecule has 2 aliphatic heterocycles. The van der Waals surface area contributed by atoms with Crippen LogP contribution in [-0.2, 0) is 9.47 Å². The van der Waals surface area contributed by atoms with Crippen LogP contribution in [0, 0.1) is 17.2 Å². The van der Waals surface area contributed by atoms with E-state index in [1.165, 1.54) is 11.5 Å². The molecule has 2 aliphatic rings. The first-order chi connectivity index (χ1) is 10.8. The summed E-state index contributed by atoms with van der Waals surface area (Å²) in [6.45, 7) is 5.84. The summed E-state index contributed by atoms with van der Waals surface area (Å²) in [7, 11) is 0. The van der Waals surface area contributed by atoms with E-state index in [9.17, 15) is 0 Å². The number of nitrogens with zero attached hydrogens (tertiary/aromatic N) is 3. The Labute approximate surface area is 139 Å². The number of nitriles is 1. The molecule has 0 spiro atoms. The zero-order chi connectivity index (χ0) is 15.4. The second kappa shape index (κ2) is 7.57. The number of aromatic nitrogens is 1. The SMILES string of the molecule is N#Cc1c(Cl)nsc1NC[C@H]([C@H]1CCOC1)N1CCOCC1. The molecule has 0 bridgehead atoms. The van der Waals surface area contributed by atoms with Crippen LogP contribution in [0.3, 0.4) is 0 Å². The van der Waals surface area contributed by atoms with Crippen LogP contribution in [0.1, 0.15) is 12.0 Å². The molecule has 1 aromatic heterocycles. The molecule has 0 amide bonds. The van der Waals surface area contributed by atoms with Crippen LogP contribution in [0.5, 0.6) is 0 Å². The van der Waals surface area contributed by atoms with E-state index in [0.29, 0.717) is 17.5 Å². The summed E-state index contributed by atoms with van der Waals surface area (Å²) < 4.78 is 15.1. The fourth-order valence-electron chi connectivity index (χ4n) is 3.04. The number of morpholine rings is 1. The third-order valence-electron chi connectivity index (χ3n) is 4.26. The van der Waals surface area contributed by atoms with Gasteiger partial charge in [0.1, 0.15) is 16.6 Å². The van der Waals surface area contributed by atoms with Gasteiger partial charge in [0.25, 0.3) is 0 Å². The average molecular weight is 343 g/mol. The van der Waals surface area contributed by atoms with E-state index in [1.54, 1.807) is 0 Å². The first kappa shape index (κ1) is 16.0. The smallest absolute Gasteiger partial charge is 0.162 e. The largest absolute Gasteiger partial charge is 0.381 e. The standard InChI is InChI=1S/C14H19ClN4O2S/c15-13-11(7-16)14(22-18-13)17-8-12(10-1-4-21-9-10)19-2-5-20-6-3-19/h10,12,17H,1-6,8-9H2/t10-,12+/m0/s1. The zero-order valence-corrected chi connectivity index (χ0v) is 13.8. The number of rotatable bonds is 5. The van der Waals surface area contributed by atoms with Crippen molar-refractivity contribution in [2.75, 3.05) is 51.4 Å². The fourth-order valence-corrected chi connectivity index (χ4v) is 3.99. The maximum Gasteiger partial charge on any atom is 0.162 e. The Bertz CT molecular complexity index is 535. The van der Waals surface area contributed by atoms with Gasteiger partial charge in [-0.15, -0.1) is 0 Å². The number of anilines is 1. The van der Waals surface area contributed by atoms with Gasteiger partial charge in [-0.3, -0.25) is 4.90 Å². The highest BCUT2D eigenvalue weighted by Crippen LogP contribution is 2.29. The normalized spacial score (nSPS) is 24.1. The van der Waals surface area contributed by atoms with Crippen LogP contribution in [0.4, 0.5) is 5.00 Å². The van der Waals surface area contributed by atoms with Gasteiger partial charge in [0.05, 0.1) is 19.8 Å². The molecule has 22 heavy (non-hydrogen) atoms. The van der Waals surface area contributed by atoms with Crippen LogP contribution in [-0.4, -0.2) is 61.4 Å². The quantitative estimate of drug-likeness (QED) is 0.880. The third-order valence-corrected chi connectivity index (χ3v) is 5.44. The Morgan fingerprint density at radius 1 is 1.41 bits per heavy atom. The molecule has 2 atom stereocenters. The van der Waals surface area contributed by atoms with E-state index in [0.717, 1.165) is 57.5 Å². The van der Waals surface area contributed by atoms with Crippen LogP contribution in [0.2, 0.25) is 5.15 Å². The number of hydrogen-bond donors (Lipinski definition) is 1. The van der Waals surface area contributed by atoms with Gasteiger partial charge < -0.3 is 14.8 Å². The van der Waals surface area contributed by atoms with Gasteiger partial charge in [-0.05, 0) is 18.0 Å². The molecule has 2 fully saturated rings. The summed E-state index contributed by atoms with van der Waals surface area (Å²) in [5, 5.41) is 13.6. The zero-order valence-electron chi connectivity index (χ0n) is 12.3.